The molecule has 0 saturated carbocycles. The third kappa shape index (κ3) is 5.22. The molecule has 13 heteroatoms. The lowest BCUT2D eigenvalue weighted by Crippen LogP contribution is -2.52. The van der Waals surface area contributed by atoms with Crippen LogP contribution in [-0.4, -0.2) is 80.1 Å². The lowest BCUT2D eigenvalue weighted by Gasteiger charge is -2.38. The van der Waals surface area contributed by atoms with Crippen molar-refractivity contribution >= 4 is 13.7 Å². The molecular formula is C17H21F2N2O8P. The second-order valence-corrected chi connectivity index (χ2v) is 8.15. The van der Waals surface area contributed by atoms with Gasteiger partial charge in [0.25, 0.3) is 5.92 Å². The highest BCUT2D eigenvalue weighted by Gasteiger charge is 2.47. The summed E-state index contributed by atoms with van der Waals surface area (Å²) < 4.78 is 49.7. The van der Waals surface area contributed by atoms with E-state index in [2.05, 4.69) is 4.52 Å². The Morgan fingerprint density at radius 3 is 2.50 bits per heavy atom. The van der Waals surface area contributed by atoms with E-state index in [1.54, 1.807) is 6.07 Å². The monoisotopic (exact) mass is 450 g/mol. The molecule has 30 heavy (non-hydrogen) atoms. The van der Waals surface area contributed by atoms with Gasteiger partial charge in [-0.3, -0.25) is 9.32 Å². The first-order chi connectivity index (χ1) is 14.0. The van der Waals surface area contributed by atoms with Crippen LogP contribution in [0.4, 0.5) is 8.78 Å². The number of nitrogens with zero attached hydrogens (tertiary/aromatic N) is 2. The summed E-state index contributed by atoms with van der Waals surface area (Å²) in [6, 6.07) is 6.99. The minimum absolute atomic E-state index is 0.263. The van der Waals surface area contributed by atoms with Crippen LogP contribution in [0.2, 0.25) is 0 Å². The number of aliphatic hydroxyl groups is 2. The number of rotatable bonds is 7. The maximum absolute atomic E-state index is 14.6. The van der Waals surface area contributed by atoms with Crippen molar-refractivity contribution in [2.24, 2.45) is 0 Å². The number of hydrogen-bond donors (Lipinski definition) is 4. The topological polar surface area (TPSA) is 140 Å². The maximum atomic E-state index is 14.6. The summed E-state index contributed by atoms with van der Waals surface area (Å²) in [7, 11) is -4.82. The standard InChI is InChI=1S/C17H21F2N2O8P/c18-17(19,11-4-2-1-3-5-11)9-21-10-20(7-6-13(21)22)16-15(24)14(23)12(29-16)8-28-30(25,26)27/h1-7,12,14-16,23-24H,8-10H2,(H2,25,26,27)/t12-,14+,15?,16-/m1/s1. The highest BCUT2D eigenvalue weighted by molar-refractivity contribution is 7.46. The molecule has 4 atom stereocenters. The van der Waals surface area contributed by atoms with E-state index in [-0.39, 0.29) is 12.2 Å². The summed E-state index contributed by atoms with van der Waals surface area (Å²) in [6.07, 6.45) is -3.36. The van der Waals surface area contributed by atoms with Crippen LogP contribution >= 0.6 is 7.82 Å². The first-order valence-corrected chi connectivity index (χ1v) is 10.4. The smallest absolute Gasteiger partial charge is 0.387 e. The lowest BCUT2D eigenvalue weighted by molar-refractivity contribution is -0.145. The zero-order chi connectivity index (χ0) is 22.1. The van der Waals surface area contributed by atoms with E-state index in [4.69, 9.17) is 14.5 Å². The third-order valence-electron chi connectivity index (χ3n) is 4.71. The number of benzene rings is 1. The Kier molecular flexibility index (Phi) is 6.58. The number of ether oxygens (including phenoxy) is 1. The van der Waals surface area contributed by atoms with Crippen LogP contribution in [0.3, 0.4) is 0 Å². The molecule has 1 unspecified atom stereocenters. The second-order valence-electron chi connectivity index (χ2n) is 6.91. The van der Waals surface area contributed by atoms with Gasteiger partial charge in [-0.1, -0.05) is 30.3 Å². The molecule has 0 radical (unpaired) electrons. The number of phosphoric ester groups is 1. The number of amides is 1. The van der Waals surface area contributed by atoms with E-state index < -0.39 is 57.3 Å². The molecule has 166 valence electrons. The lowest BCUT2D eigenvalue weighted by atomic mass is 10.1. The van der Waals surface area contributed by atoms with Crippen LogP contribution in [0.1, 0.15) is 5.56 Å². The summed E-state index contributed by atoms with van der Waals surface area (Å²) in [4.78, 5) is 31.7. The van der Waals surface area contributed by atoms with Crippen LogP contribution in [0.5, 0.6) is 0 Å². The van der Waals surface area contributed by atoms with Crippen LogP contribution in [0, 0.1) is 0 Å². The highest BCUT2D eigenvalue weighted by atomic mass is 31.2. The molecule has 1 amide bonds. The van der Waals surface area contributed by atoms with Gasteiger partial charge >= 0.3 is 7.82 Å². The van der Waals surface area contributed by atoms with Gasteiger partial charge < -0.3 is 34.5 Å². The summed E-state index contributed by atoms with van der Waals surface area (Å²) in [6.45, 7) is -1.99. The fourth-order valence-electron chi connectivity index (χ4n) is 3.20. The molecular weight excluding hydrogens is 429 g/mol. The minimum Gasteiger partial charge on any atom is -0.387 e. The normalized spacial score (nSPS) is 27.7. The molecule has 2 heterocycles. The summed E-state index contributed by atoms with van der Waals surface area (Å²) >= 11 is 0. The molecule has 1 aromatic carbocycles. The van der Waals surface area contributed by atoms with E-state index in [9.17, 15) is 28.4 Å². The van der Waals surface area contributed by atoms with Gasteiger partial charge in [-0.25, -0.2) is 4.57 Å². The van der Waals surface area contributed by atoms with Gasteiger partial charge in [0.1, 0.15) is 18.3 Å². The Hall–Kier alpha value is -1.92. The van der Waals surface area contributed by atoms with Gasteiger partial charge in [0.2, 0.25) is 5.91 Å². The SMILES string of the molecule is O=C1C=CN([C@@H]2O[C@H](COP(=O)(O)O)[C@H](O)C2O)CN1CC(F)(F)c1ccccc1. The number of carbonyl (C=O) groups excluding carboxylic acids is 1. The predicted octanol–water partition coefficient (Wildman–Crippen LogP) is -0.0502. The van der Waals surface area contributed by atoms with Crippen molar-refractivity contribution in [3.05, 3.63) is 48.2 Å². The predicted molar refractivity (Wildman–Crippen MR) is 96.6 cm³/mol. The van der Waals surface area contributed by atoms with Crippen molar-refractivity contribution in [3.63, 3.8) is 0 Å². The Bertz CT molecular complexity index is 836. The molecule has 1 aromatic rings. The molecule has 4 N–H and O–H groups in total. The molecule has 0 aliphatic carbocycles. The van der Waals surface area contributed by atoms with Crippen molar-refractivity contribution in [1.29, 1.82) is 0 Å². The molecule has 3 rings (SSSR count). The van der Waals surface area contributed by atoms with Crippen molar-refractivity contribution in [3.8, 4) is 0 Å². The van der Waals surface area contributed by atoms with Gasteiger partial charge in [-0.2, -0.15) is 8.78 Å². The molecule has 1 saturated heterocycles. The average molecular weight is 450 g/mol. The zero-order valence-electron chi connectivity index (χ0n) is 15.5. The fourth-order valence-corrected chi connectivity index (χ4v) is 3.54. The Labute approximate surface area is 170 Å². The van der Waals surface area contributed by atoms with Gasteiger partial charge in [0.05, 0.1) is 19.8 Å². The van der Waals surface area contributed by atoms with Gasteiger partial charge in [0, 0.05) is 17.8 Å². The van der Waals surface area contributed by atoms with Crippen LogP contribution in [0.15, 0.2) is 42.6 Å². The Balaban J connectivity index is 1.68. The summed E-state index contributed by atoms with van der Waals surface area (Å²) in [5.74, 6) is -4.00. The number of halogens is 2. The van der Waals surface area contributed by atoms with Crippen molar-refractivity contribution < 1.29 is 47.4 Å². The van der Waals surface area contributed by atoms with E-state index in [1.165, 1.54) is 35.4 Å². The average Bonchev–Trinajstić information content (AvgIpc) is 2.96. The molecule has 0 aromatic heterocycles. The number of aliphatic hydroxyl groups excluding tert-OH is 2. The van der Waals surface area contributed by atoms with Gasteiger partial charge in [-0.05, 0) is 0 Å². The van der Waals surface area contributed by atoms with Crippen LogP contribution in [-0.2, 0) is 24.5 Å². The summed E-state index contributed by atoms with van der Waals surface area (Å²) in [5.41, 5.74) is -0.263. The quantitative estimate of drug-likeness (QED) is 0.421. The van der Waals surface area contributed by atoms with Crippen LogP contribution < -0.4 is 0 Å². The third-order valence-corrected chi connectivity index (χ3v) is 5.20. The van der Waals surface area contributed by atoms with Crippen molar-refractivity contribution in [1.82, 2.24) is 9.80 Å². The number of carbonyl (C=O) groups is 1. The molecule has 2 aliphatic rings. The molecule has 10 nitrogen and oxygen atoms in total. The minimum atomic E-state index is -4.82. The first kappa shape index (κ1) is 22.8. The van der Waals surface area contributed by atoms with E-state index >= 15 is 0 Å². The first-order valence-electron chi connectivity index (χ1n) is 8.86. The van der Waals surface area contributed by atoms with Gasteiger partial charge in [-0.15, -0.1) is 0 Å². The summed E-state index contributed by atoms with van der Waals surface area (Å²) in [5, 5.41) is 20.3. The molecule has 0 spiro atoms. The highest BCUT2D eigenvalue weighted by Crippen LogP contribution is 2.37. The van der Waals surface area contributed by atoms with Crippen molar-refractivity contribution in [2.75, 3.05) is 19.8 Å². The van der Waals surface area contributed by atoms with E-state index in [1.807, 2.05) is 0 Å². The van der Waals surface area contributed by atoms with E-state index in [0.717, 1.165) is 11.0 Å². The zero-order valence-corrected chi connectivity index (χ0v) is 16.4. The van der Waals surface area contributed by atoms with Crippen LogP contribution in [0.25, 0.3) is 0 Å². The molecule has 2 aliphatic heterocycles. The number of hydrogen-bond acceptors (Lipinski definition) is 7. The van der Waals surface area contributed by atoms with Gasteiger partial charge in [0.15, 0.2) is 6.23 Å². The second kappa shape index (κ2) is 8.67. The number of phosphoric acid groups is 1. The Morgan fingerprint density at radius 2 is 1.87 bits per heavy atom. The molecule has 0 bridgehead atoms. The maximum Gasteiger partial charge on any atom is 0.469 e. The largest absolute Gasteiger partial charge is 0.469 e. The number of alkyl halides is 2. The Morgan fingerprint density at radius 1 is 1.20 bits per heavy atom. The van der Waals surface area contributed by atoms with Crippen molar-refractivity contribution in [2.45, 2.75) is 30.5 Å². The fraction of sp³-hybridized carbons (Fsp3) is 0.471. The molecule has 1 fully saturated rings. The van der Waals surface area contributed by atoms with E-state index in [0.29, 0.717) is 0 Å².